The van der Waals surface area contributed by atoms with Crippen LogP contribution in [0.5, 0.6) is 5.75 Å². The molecule has 2 heterocycles. The third-order valence-corrected chi connectivity index (χ3v) is 6.01. The van der Waals surface area contributed by atoms with E-state index in [2.05, 4.69) is 45.4 Å². The Hall–Kier alpha value is -2.24. The molecule has 0 radical (unpaired) electrons. The van der Waals surface area contributed by atoms with E-state index in [9.17, 15) is 5.11 Å². The second-order valence-electron chi connectivity index (χ2n) is 8.06. The Labute approximate surface area is 174 Å². The lowest BCUT2D eigenvalue weighted by molar-refractivity contribution is 0.162. The lowest BCUT2D eigenvalue weighted by Crippen LogP contribution is -2.46. The minimum Gasteiger partial charge on any atom is -0.490 e. The Kier molecular flexibility index (Phi) is 6.91. The molecule has 1 saturated heterocycles. The minimum absolute atomic E-state index is 0.390. The monoisotopic (exact) mass is 395 g/mol. The Morgan fingerprint density at radius 2 is 1.79 bits per heavy atom. The first-order valence-electron chi connectivity index (χ1n) is 11.0. The molecule has 2 aromatic carbocycles. The summed E-state index contributed by atoms with van der Waals surface area (Å²) in [5.41, 5.74) is 3.33. The maximum absolute atomic E-state index is 10.5. The maximum atomic E-state index is 10.5. The number of unbranched alkanes of at least 4 members (excludes halogenated alkanes) is 2. The molecule has 2 aliphatic rings. The second kappa shape index (κ2) is 9.99. The highest BCUT2D eigenvalue weighted by molar-refractivity contribution is 5.59. The van der Waals surface area contributed by atoms with Gasteiger partial charge in [0.25, 0.3) is 0 Å². The van der Waals surface area contributed by atoms with Gasteiger partial charge >= 0.3 is 0 Å². The number of anilines is 2. The SMILES string of the molecule is OC(CCCCCN1CCN(c2ccccc2)CC1)c1ccc2c(c1)NCCO2. The van der Waals surface area contributed by atoms with Crippen molar-refractivity contribution in [1.82, 2.24) is 4.90 Å². The highest BCUT2D eigenvalue weighted by Gasteiger charge is 2.17. The number of ether oxygens (including phenoxy) is 1. The number of hydrogen-bond acceptors (Lipinski definition) is 5. The van der Waals surface area contributed by atoms with Crippen molar-refractivity contribution >= 4 is 11.4 Å². The molecule has 0 amide bonds. The first kappa shape index (κ1) is 20.0. The number of benzene rings is 2. The topological polar surface area (TPSA) is 48.0 Å². The van der Waals surface area contributed by atoms with E-state index in [1.54, 1.807) is 0 Å². The summed E-state index contributed by atoms with van der Waals surface area (Å²) < 4.78 is 5.61. The Balaban J connectivity index is 1.12. The zero-order valence-electron chi connectivity index (χ0n) is 17.2. The predicted octanol–water partition coefficient (Wildman–Crippen LogP) is 3.91. The van der Waals surface area contributed by atoms with Crippen molar-refractivity contribution in [3.63, 3.8) is 0 Å². The van der Waals surface area contributed by atoms with Gasteiger partial charge in [-0.25, -0.2) is 0 Å². The number of nitrogens with zero attached hydrogens (tertiary/aromatic N) is 2. The van der Waals surface area contributed by atoms with Crippen molar-refractivity contribution in [1.29, 1.82) is 0 Å². The second-order valence-corrected chi connectivity index (χ2v) is 8.06. The molecule has 0 aliphatic carbocycles. The van der Waals surface area contributed by atoms with Crippen LogP contribution in [-0.4, -0.2) is 55.9 Å². The summed E-state index contributed by atoms with van der Waals surface area (Å²) in [5.74, 6) is 0.888. The fourth-order valence-electron chi connectivity index (χ4n) is 4.25. The summed E-state index contributed by atoms with van der Waals surface area (Å²) in [6.07, 6.45) is 3.87. The van der Waals surface area contributed by atoms with E-state index in [0.717, 1.165) is 62.6 Å². The number of nitrogens with one attached hydrogen (secondary N) is 1. The summed E-state index contributed by atoms with van der Waals surface area (Å²) in [6, 6.07) is 16.7. The van der Waals surface area contributed by atoms with Gasteiger partial charge in [-0.15, -0.1) is 0 Å². The molecule has 0 saturated carbocycles. The predicted molar refractivity (Wildman–Crippen MR) is 119 cm³/mol. The molecule has 2 aliphatic heterocycles. The van der Waals surface area contributed by atoms with Crippen LogP contribution in [0.15, 0.2) is 48.5 Å². The fourth-order valence-corrected chi connectivity index (χ4v) is 4.25. The van der Waals surface area contributed by atoms with Crippen molar-refractivity contribution in [3.05, 3.63) is 54.1 Å². The average Bonchev–Trinajstić information content (AvgIpc) is 2.79. The van der Waals surface area contributed by atoms with Crippen LogP contribution in [0.3, 0.4) is 0 Å². The zero-order valence-corrected chi connectivity index (χ0v) is 17.2. The molecule has 0 spiro atoms. The fraction of sp³-hybridized carbons (Fsp3) is 0.500. The first-order chi connectivity index (χ1) is 14.3. The quantitative estimate of drug-likeness (QED) is 0.664. The van der Waals surface area contributed by atoms with Gasteiger partial charge in [-0.3, -0.25) is 4.90 Å². The molecule has 2 aromatic rings. The maximum Gasteiger partial charge on any atom is 0.142 e. The van der Waals surface area contributed by atoms with Crippen molar-refractivity contribution in [2.24, 2.45) is 0 Å². The normalized spacial score (nSPS) is 17.9. The number of rotatable bonds is 8. The molecule has 0 bridgehead atoms. The molecular weight excluding hydrogens is 362 g/mol. The number of aliphatic hydroxyl groups is 1. The third kappa shape index (κ3) is 5.43. The van der Waals surface area contributed by atoms with Gasteiger partial charge in [-0.1, -0.05) is 37.1 Å². The number of fused-ring (bicyclic) bond motifs is 1. The first-order valence-corrected chi connectivity index (χ1v) is 11.0. The van der Waals surface area contributed by atoms with Gasteiger partial charge in [0.1, 0.15) is 12.4 Å². The largest absolute Gasteiger partial charge is 0.490 e. The van der Waals surface area contributed by atoms with Crippen molar-refractivity contribution in [2.75, 3.05) is 56.1 Å². The van der Waals surface area contributed by atoms with Gasteiger partial charge in [0.05, 0.1) is 11.8 Å². The Bertz CT molecular complexity index is 760. The molecule has 5 nitrogen and oxygen atoms in total. The van der Waals surface area contributed by atoms with Crippen LogP contribution in [0, 0.1) is 0 Å². The van der Waals surface area contributed by atoms with E-state index < -0.39 is 6.10 Å². The van der Waals surface area contributed by atoms with Crippen LogP contribution in [0.1, 0.15) is 37.4 Å². The summed E-state index contributed by atoms with van der Waals surface area (Å²) in [7, 11) is 0. The van der Waals surface area contributed by atoms with Crippen LogP contribution in [-0.2, 0) is 0 Å². The van der Waals surface area contributed by atoms with Gasteiger partial charge < -0.3 is 20.1 Å². The highest BCUT2D eigenvalue weighted by Crippen LogP contribution is 2.31. The lowest BCUT2D eigenvalue weighted by Gasteiger charge is -2.36. The zero-order chi connectivity index (χ0) is 19.9. The van der Waals surface area contributed by atoms with Gasteiger partial charge in [0, 0.05) is 38.4 Å². The van der Waals surface area contributed by atoms with Crippen LogP contribution in [0.2, 0.25) is 0 Å². The number of piperazine rings is 1. The van der Waals surface area contributed by atoms with E-state index in [1.165, 1.54) is 25.1 Å². The third-order valence-electron chi connectivity index (χ3n) is 6.01. The number of aliphatic hydroxyl groups excluding tert-OH is 1. The van der Waals surface area contributed by atoms with Crippen molar-refractivity contribution in [3.8, 4) is 5.75 Å². The van der Waals surface area contributed by atoms with Crippen LogP contribution in [0.4, 0.5) is 11.4 Å². The molecule has 156 valence electrons. The number of hydrogen-bond donors (Lipinski definition) is 2. The van der Waals surface area contributed by atoms with E-state index in [0.29, 0.717) is 6.61 Å². The smallest absolute Gasteiger partial charge is 0.142 e. The molecule has 4 rings (SSSR count). The lowest BCUT2D eigenvalue weighted by atomic mass is 10.0. The van der Waals surface area contributed by atoms with Gasteiger partial charge in [-0.2, -0.15) is 0 Å². The van der Waals surface area contributed by atoms with Crippen LogP contribution >= 0.6 is 0 Å². The van der Waals surface area contributed by atoms with E-state index in [-0.39, 0.29) is 0 Å². The van der Waals surface area contributed by atoms with E-state index in [1.807, 2.05) is 18.2 Å². The van der Waals surface area contributed by atoms with E-state index in [4.69, 9.17) is 4.74 Å². The highest BCUT2D eigenvalue weighted by atomic mass is 16.5. The molecular formula is C24H33N3O2. The van der Waals surface area contributed by atoms with Crippen LogP contribution in [0.25, 0.3) is 0 Å². The standard InChI is InChI=1S/C24H33N3O2/c28-23(20-10-11-24-22(19-20)25-12-18-29-24)9-5-2-6-13-26-14-16-27(17-15-26)21-7-3-1-4-8-21/h1,3-4,7-8,10-11,19,23,25,28H,2,5-6,9,12-18H2. The molecule has 2 N–H and O–H groups in total. The molecule has 1 atom stereocenters. The summed E-state index contributed by atoms with van der Waals surface area (Å²) >= 11 is 0. The van der Waals surface area contributed by atoms with Gasteiger partial charge in [0.15, 0.2) is 0 Å². The van der Waals surface area contributed by atoms with Crippen molar-refractivity contribution < 1.29 is 9.84 Å². The molecule has 1 unspecified atom stereocenters. The number of para-hydroxylation sites is 1. The molecule has 5 heteroatoms. The average molecular weight is 396 g/mol. The minimum atomic E-state index is -0.390. The molecule has 1 fully saturated rings. The summed E-state index contributed by atoms with van der Waals surface area (Å²) in [6.45, 7) is 7.20. The summed E-state index contributed by atoms with van der Waals surface area (Å²) in [4.78, 5) is 5.05. The summed E-state index contributed by atoms with van der Waals surface area (Å²) in [5, 5.41) is 13.9. The van der Waals surface area contributed by atoms with Gasteiger partial charge in [0.2, 0.25) is 0 Å². The van der Waals surface area contributed by atoms with Crippen molar-refractivity contribution in [2.45, 2.75) is 31.8 Å². The Morgan fingerprint density at radius 3 is 2.62 bits per heavy atom. The molecule has 29 heavy (non-hydrogen) atoms. The van der Waals surface area contributed by atoms with E-state index >= 15 is 0 Å². The Morgan fingerprint density at radius 1 is 0.966 bits per heavy atom. The van der Waals surface area contributed by atoms with Gasteiger partial charge in [-0.05, 0) is 49.2 Å². The van der Waals surface area contributed by atoms with Crippen LogP contribution < -0.4 is 15.0 Å². The molecule has 0 aromatic heterocycles.